The van der Waals surface area contributed by atoms with Gasteiger partial charge in [-0.25, -0.2) is 0 Å². The van der Waals surface area contributed by atoms with Crippen molar-refractivity contribution in [3.05, 3.63) is 59.3 Å². The Morgan fingerprint density at radius 3 is 2.73 bits per heavy atom. The van der Waals surface area contributed by atoms with Gasteiger partial charge in [-0.2, -0.15) is 0 Å². The van der Waals surface area contributed by atoms with Gasteiger partial charge >= 0.3 is 0 Å². The lowest BCUT2D eigenvalue weighted by Crippen LogP contribution is -2.13. The number of amides is 1. The van der Waals surface area contributed by atoms with Crippen LogP contribution in [0.25, 0.3) is 10.7 Å². The molecule has 2 aromatic heterocycles. The first-order valence-electron chi connectivity index (χ1n) is 6.77. The molecule has 3 aromatic rings. The molecule has 110 valence electrons. The van der Waals surface area contributed by atoms with Crippen LogP contribution in [0.15, 0.2) is 42.6 Å². The molecule has 0 fully saturated rings. The van der Waals surface area contributed by atoms with Crippen LogP contribution in [-0.2, 0) is 0 Å². The summed E-state index contributed by atoms with van der Waals surface area (Å²) in [6.45, 7) is 3.92. The van der Waals surface area contributed by atoms with Gasteiger partial charge in [0.1, 0.15) is 5.69 Å². The van der Waals surface area contributed by atoms with Gasteiger partial charge in [-0.15, -0.1) is 10.2 Å². The van der Waals surface area contributed by atoms with Gasteiger partial charge in [0.15, 0.2) is 5.01 Å². The first kappa shape index (κ1) is 14.3. The van der Waals surface area contributed by atoms with E-state index in [-0.39, 0.29) is 5.91 Å². The molecule has 2 heterocycles. The molecule has 6 heteroatoms. The number of aryl methyl sites for hydroxylation is 1. The van der Waals surface area contributed by atoms with Gasteiger partial charge in [0, 0.05) is 11.8 Å². The number of nitrogens with zero attached hydrogens (tertiary/aromatic N) is 3. The zero-order valence-corrected chi connectivity index (χ0v) is 13.0. The predicted octanol–water partition coefficient (Wildman–Crippen LogP) is 3.47. The lowest BCUT2D eigenvalue weighted by Gasteiger charge is -2.07. The highest BCUT2D eigenvalue weighted by molar-refractivity contribution is 7.18. The minimum Gasteiger partial charge on any atom is -0.296 e. The number of carbonyl (C=O) groups is 1. The minimum absolute atomic E-state index is 0.176. The Morgan fingerprint density at radius 2 is 1.95 bits per heavy atom. The fraction of sp³-hybridized carbons (Fsp3) is 0.125. The minimum atomic E-state index is -0.176. The molecular weight excluding hydrogens is 296 g/mol. The number of benzene rings is 1. The maximum atomic E-state index is 12.3. The van der Waals surface area contributed by atoms with Crippen LogP contribution in [0.1, 0.15) is 21.5 Å². The van der Waals surface area contributed by atoms with E-state index >= 15 is 0 Å². The standard InChI is InChI=1S/C16H14N4OS/c1-10-6-5-7-12(11(10)2)14(21)18-16-20-19-15(22-16)13-8-3-4-9-17-13/h3-9H,1-2H3,(H,18,20,21). The molecule has 0 spiro atoms. The molecule has 0 bridgehead atoms. The smallest absolute Gasteiger partial charge is 0.257 e. The Bertz CT molecular complexity index is 814. The number of aromatic nitrogens is 3. The van der Waals surface area contributed by atoms with E-state index in [1.807, 2.05) is 44.2 Å². The second-order valence-electron chi connectivity index (χ2n) is 4.83. The second-order valence-corrected chi connectivity index (χ2v) is 5.81. The highest BCUT2D eigenvalue weighted by atomic mass is 32.1. The van der Waals surface area contributed by atoms with Crippen LogP contribution in [0.3, 0.4) is 0 Å². The summed E-state index contributed by atoms with van der Waals surface area (Å²) in [6, 6.07) is 11.2. The van der Waals surface area contributed by atoms with E-state index < -0.39 is 0 Å². The number of hydrogen-bond donors (Lipinski definition) is 1. The Balaban J connectivity index is 1.81. The summed E-state index contributed by atoms with van der Waals surface area (Å²) >= 11 is 1.30. The summed E-state index contributed by atoms with van der Waals surface area (Å²) in [4.78, 5) is 16.6. The van der Waals surface area contributed by atoms with Crippen molar-refractivity contribution in [1.82, 2.24) is 15.2 Å². The molecule has 0 saturated heterocycles. The van der Waals surface area contributed by atoms with Crippen LogP contribution >= 0.6 is 11.3 Å². The molecule has 1 N–H and O–H groups in total. The van der Waals surface area contributed by atoms with E-state index in [1.54, 1.807) is 12.3 Å². The second kappa shape index (κ2) is 6.03. The topological polar surface area (TPSA) is 67.8 Å². The van der Waals surface area contributed by atoms with Crippen molar-refractivity contribution in [2.45, 2.75) is 13.8 Å². The van der Waals surface area contributed by atoms with Crippen molar-refractivity contribution in [2.24, 2.45) is 0 Å². The molecule has 0 unspecified atom stereocenters. The summed E-state index contributed by atoms with van der Waals surface area (Å²) in [6.07, 6.45) is 1.70. The van der Waals surface area contributed by atoms with Gasteiger partial charge in [0.2, 0.25) is 5.13 Å². The summed E-state index contributed by atoms with van der Waals surface area (Å²) in [7, 11) is 0. The summed E-state index contributed by atoms with van der Waals surface area (Å²) in [5.74, 6) is -0.176. The van der Waals surface area contributed by atoms with Gasteiger partial charge in [-0.05, 0) is 43.2 Å². The summed E-state index contributed by atoms with van der Waals surface area (Å²) in [5, 5.41) is 12.0. The van der Waals surface area contributed by atoms with Crippen LogP contribution in [0.4, 0.5) is 5.13 Å². The van der Waals surface area contributed by atoms with Crippen molar-refractivity contribution in [1.29, 1.82) is 0 Å². The van der Waals surface area contributed by atoms with Gasteiger partial charge in [-0.1, -0.05) is 29.5 Å². The van der Waals surface area contributed by atoms with Crippen molar-refractivity contribution < 1.29 is 4.79 Å². The molecular formula is C16H14N4OS. The van der Waals surface area contributed by atoms with Crippen LogP contribution in [-0.4, -0.2) is 21.1 Å². The molecule has 0 aliphatic heterocycles. The molecule has 0 aliphatic rings. The lowest BCUT2D eigenvalue weighted by molar-refractivity contribution is 0.102. The number of rotatable bonds is 3. The van der Waals surface area contributed by atoms with E-state index in [0.29, 0.717) is 15.7 Å². The zero-order valence-electron chi connectivity index (χ0n) is 12.2. The van der Waals surface area contributed by atoms with Gasteiger partial charge in [0.25, 0.3) is 5.91 Å². The van der Waals surface area contributed by atoms with E-state index in [0.717, 1.165) is 16.8 Å². The normalized spacial score (nSPS) is 10.5. The summed E-state index contributed by atoms with van der Waals surface area (Å²) < 4.78 is 0. The molecule has 0 radical (unpaired) electrons. The van der Waals surface area contributed by atoms with E-state index in [1.165, 1.54) is 11.3 Å². The van der Waals surface area contributed by atoms with Crippen molar-refractivity contribution in [3.63, 3.8) is 0 Å². The maximum absolute atomic E-state index is 12.3. The van der Waals surface area contributed by atoms with E-state index in [2.05, 4.69) is 20.5 Å². The highest BCUT2D eigenvalue weighted by Gasteiger charge is 2.14. The molecule has 0 aliphatic carbocycles. The van der Waals surface area contributed by atoms with Gasteiger partial charge < -0.3 is 0 Å². The fourth-order valence-electron chi connectivity index (χ4n) is 2.03. The molecule has 5 nitrogen and oxygen atoms in total. The molecule has 3 rings (SSSR count). The third kappa shape index (κ3) is 2.87. The van der Waals surface area contributed by atoms with E-state index in [4.69, 9.17) is 0 Å². The number of carbonyl (C=O) groups excluding carboxylic acids is 1. The zero-order chi connectivity index (χ0) is 15.5. The average molecular weight is 310 g/mol. The Labute approximate surface area is 132 Å². The largest absolute Gasteiger partial charge is 0.296 e. The lowest BCUT2D eigenvalue weighted by atomic mass is 10.0. The van der Waals surface area contributed by atoms with Crippen LogP contribution in [0.2, 0.25) is 0 Å². The number of nitrogens with one attached hydrogen (secondary N) is 1. The Hall–Kier alpha value is -2.60. The molecule has 0 saturated carbocycles. The number of hydrogen-bond acceptors (Lipinski definition) is 5. The first-order valence-corrected chi connectivity index (χ1v) is 7.59. The van der Waals surface area contributed by atoms with Crippen molar-refractivity contribution in [2.75, 3.05) is 5.32 Å². The number of anilines is 1. The van der Waals surface area contributed by atoms with Gasteiger partial charge in [0.05, 0.1) is 0 Å². The van der Waals surface area contributed by atoms with Crippen LogP contribution < -0.4 is 5.32 Å². The van der Waals surface area contributed by atoms with Crippen molar-refractivity contribution >= 4 is 22.4 Å². The third-order valence-electron chi connectivity index (χ3n) is 3.38. The summed E-state index contributed by atoms with van der Waals surface area (Å²) in [5.41, 5.74) is 3.44. The fourth-order valence-corrected chi connectivity index (χ4v) is 2.74. The number of pyridine rings is 1. The monoisotopic (exact) mass is 310 g/mol. The molecule has 22 heavy (non-hydrogen) atoms. The van der Waals surface area contributed by atoms with E-state index in [9.17, 15) is 4.79 Å². The third-order valence-corrected chi connectivity index (χ3v) is 4.24. The molecule has 0 atom stereocenters. The van der Waals surface area contributed by atoms with Crippen molar-refractivity contribution in [3.8, 4) is 10.7 Å². The average Bonchev–Trinajstić information content (AvgIpc) is 2.99. The molecule has 1 aromatic carbocycles. The van der Waals surface area contributed by atoms with Crippen LogP contribution in [0, 0.1) is 13.8 Å². The highest BCUT2D eigenvalue weighted by Crippen LogP contribution is 2.25. The predicted molar refractivity (Wildman–Crippen MR) is 87.0 cm³/mol. The Kier molecular flexibility index (Phi) is 3.93. The SMILES string of the molecule is Cc1cccc(C(=O)Nc2nnc(-c3ccccn3)s2)c1C. The van der Waals surface area contributed by atoms with Gasteiger partial charge in [-0.3, -0.25) is 15.1 Å². The first-order chi connectivity index (χ1) is 10.6. The Morgan fingerprint density at radius 1 is 1.09 bits per heavy atom. The quantitative estimate of drug-likeness (QED) is 0.804. The molecule has 1 amide bonds. The maximum Gasteiger partial charge on any atom is 0.257 e. The van der Waals surface area contributed by atoms with Crippen LogP contribution in [0.5, 0.6) is 0 Å².